The Labute approximate surface area is 110 Å². The third-order valence-corrected chi connectivity index (χ3v) is 3.36. The Morgan fingerprint density at radius 3 is 2.56 bits per heavy atom. The van der Waals surface area contributed by atoms with Gasteiger partial charge in [0, 0.05) is 18.8 Å². The molecule has 102 valence electrons. The number of nitrogens with zero attached hydrogens (tertiary/aromatic N) is 3. The molecular formula is C14H25N3O. The van der Waals surface area contributed by atoms with E-state index in [2.05, 4.69) is 30.8 Å². The molecule has 0 spiro atoms. The molecule has 0 N–H and O–H groups in total. The lowest BCUT2D eigenvalue weighted by atomic mass is 10.1. The summed E-state index contributed by atoms with van der Waals surface area (Å²) in [7, 11) is 0. The van der Waals surface area contributed by atoms with Crippen molar-refractivity contribution < 1.29 is 4.74 Å². The van der Waals surface area contributed by atoms with Crippen molar-refractivity contribution in [3.05, 3.63) is 12.3 Å². The maximum absolute atomic E-state index is 5.71. The van der Waals surface area contributed by atoms with Gasteiger partial charge in [-0.15, -0.1) is 5.10 Å². The molecule has 1 aliphatic rings. The van der Waals surface area contributed by atoms with Gasteiger partial charge in [0.15, 0.2) is 0 Å². The van der Waals surface area contributed by atoms with Gasteiger partial charge in [-0.05, 0) is 46.7 Å². The fraction of sp³-hybridized carbons (Fsp3) is 0.786. The van der Waals surface area contributed by atoms with Gasteiger partial charge < -0.3 is 4.74 Å². The first kappa shape index (κ1) is 13.4. The summed E-state index contributed by atoms with van der Waals surface area (Å²) in [5.41, 5.74) is 0.0223. The zero-order valence-electron chi connectivity index (χ0n) is 11.9. The molecule has 0 radical (unpaired) electrons. The van der Waals surface area contributed by atoms with E-state index in [1.165, 1.54) is 32.4 Å². The topological polar surface area (TPSA) is 30.3 Å². The second kappa shape index (κ2) is 5.74. The lowest BCUT2D eigenvalue weighted by Crippen LogP contribution is -2.33. The van der Waals surface area contributed by atoms with Crippen molar-refractivity contribution in [2.75, 3.05) is 26.2 Å². The molecule has 0 aliphatic carbocycles. The molecule has 1 fully saturated rings. The first-order valence-corrected chi connectivity index (χ1v) is 6.97. The van der Waals surface area contributed by atoms with Gasteiger partial charge in [0.05, 0.1) is 5.54 Å². The summed E-state index contributed by atoms with van der Waals surface area (Å²) in [5.74, 6) is 0.738. The molecule has 0 saturated carbocycles. The van der Waals surface area contributed by atoms with Crippen LogP contribution in [0.3, 0.4) is 0 Å². The normalized spacial score (nSPS) is 17.9. The molecule has 2 heterocycles. The number of likely N-dealkylation sites (tertiary alicyclic amines) is 1. The van der Waals surface area contributed by atoms with E-state index in [0.29, 0.717) is 0 Å². The number of aromatic nitrogens is 2. The third kappa shape index (κ3) is 3.73. The first-order valence-electron chi connectivity index (χ1n) is 6.97. The van der Waals surface area contributed by atoms with Crippen LogP contribution in [0.1, 0.15) is 40.0 Å². The van der Waals surface area contributed by atoms with E-state index in [-0.39, 0.29) is 5.54 Å². The van der Waals surface area contributed by atoms with Crippen LogP contribution in [0.25, 0.3) is 0 Å². The number of hydrogen-bond acceptors (Lipinski definition) is 3. The van der Waals surface area contributed by atoms with Gasteiger partial charge in [-0.1, -0.05) is 6.42 Å². The van der Waals surface area contributed by atoms with Crippen LogP contribution in [0.15, 0.2) is 12.3 Å². The summed E-state index contributed by atoms with van der Waals surface area (Å²) in [6, 6.07) is 1.95. The van der Waals surface area contributed by atoms with Crippen LogP contribution in [0.2, 0.25) is 0 Å². The predicted octanol–water partition coefficient (Wildman–Crippen LogP) is 2.50. The number of hydrogen-bond donors (Lipinski definition) is 0. The SMILES string of the molecule is CC(C)(C)n1ccc(OCCN2CCCCC2)n1. The molecule has 1 aliphatic heterocycles. The average Bonchev–Trinajstić information content (AvgIpc) is 2.79. The quantitative estimate of drug-likeness (QED) is 0.823. The lowest BCUT2D eigenvalue weighted by molar-refractivity contribution is 0.178. The maximum Gasteiger partial charge on any atom is 0.232 e. The molecule has 4 heteroatoms. The molecule has 1 aromatic rings. The van der Waals surface area contributed by atoms with Crippen molar-refractivity contribution >= 4 is 0 Å². The van der Waals surface area contributed by atoms with E-state index >= 15 is 0 Å². The van der Waals surface area contributed by atoms with E-state index < -0.39 is 0 Å². The zero-order valence-corrected chi connectivity index (χ0v) is 11.9. The molecule has 2 rings (SSSR count). The molecule has 18 heavy (non-hydrogen) atoms. The van der Waals surface area contributed by atoms with Crippen LogP contribution in [-0.2, 0) is 5.54 Å². The summed E-state index contributed by atoms with van der Waals surface area (Å²) in [4.78, 5) is 2.48. The molecule has 0 aromatic carbocycles. The number of rotatable bonds is 4. The van der Waals surface area contributed by atoms with Crippen LogP contribution in [-0.4, -0.2) is 40.9 Å². The summed E-state index contributed by atoms with van der Waals surface area (Å²) >= 11 is 0. The zero-order chi connectivity index (χ0) is 13.0. The minimum absolute atomic E-state index is 0.0223. The summed E-state index contributed by atoms with van der Waals surface area (Å²) < 4.78 is 7.66. The number of ether oxygens (including phenoxy) is 1. The Morgan fingerprint density at radius 1 is 1.22 bits per heavy atom. The number of piperidine rings is 1. The van der Waals surface area contributed by atoms with Gasteiger partial charge in [0.25, 0.3) is 0 Å². The van der Waals surface area contributed by atoms with Crippen molar-refractivity contribution in [1.29, 1.82) is 0 Å². The van der Waals surface area contributed by atoms with E-state index in [1.54, 1.807) is 0 Å². The maximum atomic E-state index is 5.71. The first-order chi connectivity index (χ1) is 8.55. The van der Waals surface area contributed by atoms with Crippen LogP contribution < -0.4 is 4.74 Å². The minimum Gasteiger partial charge on any atom is -0.475 e. The van der Waals surface area contributed by atoms with E-state index in [1.807, 2.05) is 16.9 Å². The molecule has 0 unspecified atom stereocenters. The lowest BCUT2D eigenvalue weighted by Gasteiger charge is -2.25. The van der Waals surface area contributed by atoms with E-state index in [0.717, 1.165) is 19.0 Å². The monoisotopic (exact) mass is 251 g/mol. The van der Waals surface area contributed by atoms with Crippen molar-refractivity contribution in [1.82, 2.24) is 14.7 Å². The standard InChI is InChI=1S/C14H25N3O/c1-14(2,3)17-10-7-13(15-17)18-12-11-16-8-5-4-6-9-16/h7,10H,4-6,8-9,11-12H2,1-3H3. The molecule has 1 saturated heterocycles. The second-order valence-corrected chi connectivity index (χ2v) is 6.02. The fourth-order valence-corrected chi connectivity index (χ4v) is 2.22. The molecule has 0 atom stereocenters. The van der Waals surface area contributed by atoms with Crippen LogP contribution in [0.5, 0.6) is 5.88 Å². The average molecular weight is 251 g/mol. The summed E-state index contributed by atoms with van der Waals surface area (Å²) in [6.07, 6.45) is 6.03. The van der Waals surface area contributed by atoms with Gasteiger partial charge in [0.2, 0.25) is 5.88 Å². The Balaban J connectivity index is 1.74. The second-order valence-electron chi connectivity index (χ2n) is 6.02. The molecule has 0 amide bonds. The Bertz CT molecular complexity index is 361. The van der Waals surface area contributed by atoms with Gasteiger partial charge in [-0.3, -0.25) is 9.58 Å². The van der Waals surface area contributed by atoms with Crippen LogP contribution in [0, 0.1) is 0 Å². The molecular weight excluding hydrogens is 226 g/mol. The van der Waals surface area contributed by atoms with E-state index in [4.69, 9.17) is 4.74 Å². The summed E-state index contributed by atoms with van der Waals surface area (Å²) in [6.45, 7) is 10.6. The van der Waals surface area contributed by atoms with E-state index in [9.17, 15) is 0 Å². The van der Waals surface area contributed by atoms with Crippen LogP contribution in [0.4, 0.5) is 0 Å². The minimum atomic E-state index is 0.0223. The highest BCUT2D eigenvalue weighted by atomic mass is 16.5. The van der Waals surface area contributed by atoms with Gasteiger partial charge in [-0.2, -0.15) is 0 Å². The Kier molecular flexibility index (Phi) is 4.27. The van der Waals surface area contributed by atoms with Crippen molar-refractivity contribution in [3.63, 3.8) is 0 Å². The van der Waals surface area contributed by atoms with Crippen molar-refractivity contribution in [2.24, 2.45) is 0 Å². The molecule has 1 aromatic heterocycles. The summed E-state index contributed by atoms with van der Waals surface area (Å²) in [5, 5.41) is 4.44. The highest BCUT2D eigenvalue weighted by Crippen LogP contribution is 2.16. The Morgan fingerprint density at radius 2 is 1.94 bits per heavy atom. The molecule has 0 bridgehead atoms. The smallest absolute Gasteiger partial charge is 0.232 e. The van der Waals surface area contributed by atoms with Crippen LogP contribution >= 0.6 is 0 Å². The van der Waals surface area contributed by atoms with Gasteiger partial charge >= 0.3 is 0 Å². The highest BCUT2D eigenvalue weighted by molar-refractivity contribution is 5.06. The Hall–Kier alpha value is -1.03. The van der Waals surface area contributed by atoms with Crippen molar-refractivity contribution in [2.45, 2.75) is 45.6 Å². The van der Waals surface area contributed by atoms with Crippen molar-refractivity contribution in [3.8, 4) is 5.88 Å². The highest BCUT2D eigenvalue weighted by Gasteiger charge is 2.14. The molecule has 4 nitrogen and oxygen atoms in total. The van der Waals surface area contributed by atoms with Gasteiger partial charge in [0.1, 0.15) is 6.61 Å². The van der Waals surface area contributed by atoms with Gasteiger partial charge in [-0.25, -0.2) is 0 Å². The largest absolute Gasteiger partial charge is 0.475 e. The third-order valence-electron chi connectivity index (χ3n) is 3.36. The fourth-order valence-electron chi connectivity index (χ4n) is 2.22. The predicted molar refractivity (Wildman–Crippen MR) is 73.0 cm³/mol.